The lowest BCUT2D eigenvalue weighted by Gasteiger charge is -2.01. The molecule has 0 aliphatic heterocycles. The summed E-state index contributed by atoms with van der Waals surface area (Å²) in [5.41, 5.74) is 0. The van der Waals surface area contributed by atoms with Gasteiger partial charge >= 0.3 is 0 Å². The van der Waals surface area contributed by atoms with Crippen molar-refractivity contribution < 1.29 is 14.6 Å². The molecule has 0 amide bonds. The van der Waals surface area contributed by atoms with Crippen LogP contribution in [-0.4, -0.2) is 18.0 Å². The highest BCUT2D eigenvalue weighted by Gasteiger charge is 1.98. The highest BCUT2D eigenvalue weighted by molar-refractivity contribution is 9.10. The number of hydrogen-bond donors (Lipinski definition) is 1. The van der Waals surface area contributed by atoms with Crippen molar-refractivity contribution in [3.63, 3.8) is 0 Å². The number of rotatable bonds is 3. The van der Waals surface area contributed by atoms with E-state index in [1.54, 1.807) is 18.2 Å². The van der Waals surface area contributed by atoms with E-state index in [0.717, 1.165) is 4.47 Å². The van der Waals surface area contributed by atoms with Gasteiger partial charge in [-0.25, -0.2) is 0 Å². The monoisotopic (exact) mass is 288 g/mol. The van der Waals surface area contributed by atoms with Crippen LogP contribution in [0.3, 0.4) is 0 Å². The van der Waals surface area contributed by atoms with Crippen LogP contribution in [0.2, 0.25) is 0 Å². The molecule has 3 nitrogen and oxygen atoms in total. The van der Waals surface area contributed by atoms with Gasteiger partial charge in [0, 0.05) is 17.3 Å². The Balaban J connectivity index is 0.000000325. The number of aromatic hydroxyl groups is 1. The molecule has 0 spiro atoms. The minimum atomic E-state index is 0.158. The Labute approximate surface area is 105 Å². The Morgan fingerprint density at radius 1 is 1.38 bits per heavy atom. The van der Waals surface area contributed by atoms with Gasteiger partial charge in [0.25, 0.3) is 0 Å². The first-order valence-corrected chi connectivity index (χ1v) is 5.88. The number of ketones is 1. The Hall–Kier alpha value is -1.03. The van der Waals surface area contributed by atoms with E-state index in [-0.39, 0.29) is 5.75 Å². The number of carbonyl (C=O) groups is 1. The van der Waals surface area contributed by atoms with Crippen molar-refractivity contribution in [3.8, 4) is 11.5 Å². The van der Waals surface area contributed by atoms with Crippen molar-refractivity contribution in [2.24, 2.45) is 0 Å². The fraction of sp³-hybridized carbons (Fsp3) is 0.417. The summed E-state index contributed by atoms with van der Waals surface area (Å²) in [6.45, 7) is 3.76. The molecule has 0 aromatic heterocycles. The second-order valence-corrected chi connectivity index (χ2v) is 3.98. The van der Waals surface area contributed by atoms with E-state index in [1.165, 1.54) is 7.11 Å². The third-order valence-corrected chi connectivity index (χ3v) is 2.42. The normalized spacial score (nSPS) is 9.00. The molecule has 90 valence electrons. The highest BCUT2D eigenvalue weighted by atomic mass is 79.9. The van der Waals surface area contributed by atoms with Crippen LogP contribution in [0.1, 0.15) is 26.7 Å². The SMILES string of the molecule is CCC(=O)CC.COc1cc(Br)ccc1O. The molecule has 1 N–H and O–H groups in total. The fourth-order valence-electron chi connectivity index (χ4n) is 0.901. The fourth-order valence-corrected chi connectivity index (χ4v) is 1.24. The maximum atomic E-state index is 10.2. The van der Waals surface area contributed by atoms with Crippen molar-refractivity contribution in [3.05, 3.63) is 22.7 Å². The van der Waals surface area contributed by atoms with Gasteiger partial charge in [-0.05, 0) is 18.2 Å². The predicted octanol–water partition coefficient (Wildman–Crippen LogP) is 3.54. The summed E-state index contributed by atoms with van der Waals surface area (Å²) >= 11 is 3.25. The zero-order valence-electron chi connectivity index (χ0n) is 9.79. The first-order chi connectivity index (χ1) is 7.54. The van der Waals surface area contributed by atoms with E-state index in [4.69, 9.17) is 9.84 Å². The molecule has 0 heterocycles. The lowest BCUT2D eigenvalue weighted by Crippen LogP contribution is -1.88. The van der Waals surface area contributed by atoms with Gasteiger partial charge < -0.3 is 9.84 Å². The number of carbonyl (C=O) groups excluding carboxylic acids is 1. The van der Waals surface area contributed by atoms with Crippen molar-refractivity contribution in [2.45, 2.75) is 26.7 Å². The van der Waals surface area contributed by atoms with Crippen molar-refractivity contribution in [2.75, 3.05) is 7.11 Å². The Morgan fingerprint density at radius 3 is 2.25 bits per heavy atom. The van der Waals surface area contributed by atoms with Crippen LogP contribution >= 0.6 is 15.9 Å². The molecule has 1 aromatic carbocycles. The number of Topliss-reactive ketones (excluding diaryl/α,β-unsaturated/α-hetero) is 1. The molecule has 1 rings (SSSR count). The lowest BCUT2D eigenvalue weighted by atomic mass is 10.3. The van der Waals surface area contributed by atoms with Gasteiger partial charge in [-0.2, -0.15) is 0 Å². The van der Waals surface area contributed by atoms with Crippen LogP contribution in [-0.2, 0) is 4.79 Å². The topological polar surface area (TPSA) is 46.5 Å². The molecule has 0 atom stereocenters. The number of methoxy groups -OCH3 is 1. The zero-order valence-corrected chi connectivity index (χ0v) is 11.4. The van der Waals surface area contributed by atoms with Gasteiger partial charge in [0.2, 0.25) is 0 Å². The second-order valence-electron chi connectivity index (χ2n) is 3.06. The minimum Gasteiger partial charge on any atom is -0.504 e. The molecular formula is C12H17BrO3. The van der Waals surface area contributed by atoms with Crippen LogP contribution in [0.15, 0.2) is 22.7 Å². The Bertz CT molecular complexity index is 331. The molecule has 0 saturated carbocycles. The predicted molar refractivity (Wildman–Crippen MR) is 67.9 cm³/mol. The molecule has 1 aromatic rings. The zero-order chi connectivity index (χ0) is 12.6. The van der Waals surface area contributed by atoms with E-state index < -0.39 is 0 Å². The summed E-state index contributed by atoms with van der Waals surface area (Å²) in [5.74, 6) is 0.982. The highest BCUT2D eigenvalue weighted by Crippen LogP contribution is 2.28. The summed E-state index contributed by atoms with van der Waals surface area (Å²) in [5, 5.41) is 9.09. The quantitative estimate of drug-likeness (QED) is 0.925. The van der Waals surface area contributed by atoms with E-state index >= 15 is 0 Å². The van der Waals surface area contributed by atoms with E-state index in [1.807, 2.05) is 13.8 Å². The van der Waals surface area contributed by atoms with Gasteiger partial charge in [-0.1, -0.05) is 29.8 Å². The van der Waals surface area contributed by atoms with Crippen LogP contribution in [0.4, 0.5) is 0 Å². The molecule has 0 unspecified atom stereocenters. The smallest absolute Gasteiger partial charge is 0.161 e. The summed E-state index contributed by atoms with van der Waals surface area (Å²) in [6, 6.07) is 5.02. The van der Waals surface area contributed by atoms with Crippen molar-refractivity contribution in [1.29, 1.82) is 0 Å². The molecular weight excluding hydrogens is 272 g/mol. The number of benzene rings is 1. The average Bonchev–Trinajstić information content (AvgIpc) is 2.32. The molecule has 0 saturated heterocycles. The molecule has 0 fully saturated rings. The molecule has 0 aliphatic carbocycles. The minimum absolute atomic E-state index is 0.158. The van der Waals surface area contributed by atoms with Gasteiger partial charge in [0.05, 0.1) is 7.11 Å². The maximum Gasteiger partial charge on any atom is 0.161 e. The number of phenolic OH excluding ortho intramolecular Hbond substituents is 1. The van der Waals surface area contributed by atoms with E-state index in [2.05, 4.69) is 15.9 Å². The van der Waals surface area contributed by atoms with Gasteiger partial charge in [0.1, 0.15) is 5.78 Å². The first-order valence-electron chi connectivity index (χ1n) is 5.09. The molecule has 0 radical (unpaired) electrons. The van der Waals surface area contributed by atoms with Crippen LogP contribution in [0, 0.1) is 0 Å². The summed E-state index contributed by atoms with van der Waals surface area (Å²) in [6.07, 6.45) is 1.38. The summed E-state index contributed by atoms with van der Waals surface area (Å²) < 4.78 is 5.74. The van der Waals surface area contributed by atoms with Crippen LogP contribution in [0.25, 0.3) is 0 Å². The van der Waals surface area contributed by atoms with Gasteiger partial charge in [-0.3, -0.25) is 4.79 Å². The number of hydrogen-bond acceptors (Lipinski definition) is 3. The first kappa shape index (κ1) is 15.0. The second kappa shape index (κ2) is 8.16. The van der Waals surface area contributed by atoms with Crippen molar-refractivity contribution in [1.82, 2.24) is 0 Å². The summed E-state index contributed by atoms with van der Waals surface area (Å²) in [7, 11) is 1.52. The molecule has 4 heteroatoms. The summed E-state index contributed by atoms with van der Waals surface area (Å²) in [4.78, 5) is 10.2. The Kier molecular flexibility index (Phi) is 7.64. The van der Waals surface area contributed by atoms with Gasteiger partial charge in [0.15, 0.2) is 11.5 Å². The largest absolute Gasteiger partial charge is 0.504 e. The molecule has 0 bridgehead atoms. The number of ether oxygens (including phenoxy) is 1. The number of phenols is 1. The van der Waals surface area contributed by atoms with Gasteiger partial charge in [-0.15, -0.1) is 0 Å². The molecule has 0 aliphatic rings. The average molecular weight is 289 g/mol. The third-order valence-electron chi connectivity index (χ3n) is 1.93. The third kappa shape index (κ3) is 5.75. The van der Waals surface area contributed by atoms with E-state index in [0.29, 0.717) is 24.4 Å². The van der Waals surface area contributed by atoms with Crippen LogP contribution < -0.4 is 4.74 Å². The van der Waals surface area contributed by atoms with Crippen molar-refractivity contribution >= 4 is 21.7 Å². The lowest BCUT2D eigenvalue weighted by molar-refractivity contribution is -0.118. The Morgan fingerprint density at radius 2 is 1.94 bits per heavy atom. The van der Waals surface area contributed by atoms with E-state index in [9.17, 15) is 4.79 Å². The number of halogens is 1. The van der Waals surface area contributed by atoms with Crippen LogP contribution in [0.5, 0.6) is 11.5 Å². The maximum absolute atomic E-state index is 10.2. The standard InChI is InChI=1S/C7H7BrO2.C5H10O/c1-10-7-4-5(8)2-3-6(7)9;1-3-5(6)4-2/h2-4,9H,1H3;3-4H2,1-2H3. The molecule has 16 heavy (non-hydrogen) atoms.